The lowest BCUT2D eigenvalue weighted by Gasteiger charge is -2.06. The summed E-state index contributed by atoms with van der Waals surface area (Å²) in [5.41, 5.74) is 1.11. The first-order valence-electron chi connectivity index (χ1n) is 6.05. The number of para-hydroxylation sites is 1. The number of esters is 1. The molecule has 0 aliphatic rings. The summed E-state index contributed by atoms with van der Waals surface area (Å²) in [7, 11) is 0. The van der Waals surface area contributed by atoms with Crippen molar-refractivity contribution in [1.29, 1.82) is 0 Å². The molecular weight excluding hydrogens is 274 g/mol. The minimum Gasteiger partial charge on any atom is -0.421 e. The topological polar surface area (TPSA) is 39.2 Å². The molecule has 0 saturated heterocycles. The van der Waals surface area contributed by atoms with Crippen molar-refractivity contribution in [2.45, 2.75) is 0 Å². The molecule has 0 aliphatic carbocycles. The van der Waals surface area contributed by atoms with Crippen molar-refractivity contribution in [2.75, 3.05) is 0 Å². The molecule has 0 saturated carbocycles. The summed E-state index contributed by atoms with van der Waals surface area (Å²) in [6.07, 6.45) is 1.67. The van der Waals surface area contributed by atoms with Gasteiger partial charge in [0.1, 0.15) is 5.52 Å². The molecule has 4 heteroatoms. The number of ether oxygens (including phenoxy) is 1. The Bertz CT molecular complexity index is 764. The second-order valence-corrected chi connectivity index (χ2v) is 4.66. The van der Waals surface area contributed by atoms with E-state index in [1.54, 1.807) is 36.5 Å². The first kappa shape index (κ1) is 12.6. The quantitative estimate of drug-likeness (QED) is 0.525. The van der Waals surface area contributed by atoms with Crippen LogP contribution < -0.4 is 4.74 Å². The van der Waals surface area contributed by atoms with E-state index < -0.39 is 5.97 Å². The molecule has 98 valence electrons. The van der Waals surface area contributed by atoms with Gasteiger partial charge in [-0.05, 0) is 36.4 Å². The second-order valence-electron chi connectivity index (χ2n) is 4.23. The molecule has 2 aromatic carbocycles. The van der Waals surface area contributed by atoms with Crippen LogP contribution in [0.2, 0.25) is 5.02 Å². The lowest BCUT2D eigenvalue weighted by molar-refractivity contribution is 0.0737. The number of hydrogen-bond donors (Lipinski definition) is 0. The number of carbonyl (C=O) groups is 1. The van der Waals surface area contributed by atoms with Crippen molar-refractivity contribution in [2.24, 2.45) is 0 Å². The van der Waals surface area contributed by atoms with Crippen LogP contribution in [0.5, 0.6) is 5.75 Å². The normalized spacial score (nSPS) is 10.4. The number of fused-ring (bicyclic) bond motifs is 1. The van der Waals surface area contributed by atoms with Crippen molar-refractivity contribution in [3.05, 3.63) is 71.4 Å². The lowest BCUT2D eigenvalue weighted by Crippen LogP contribution is -2.08. The molecule has 0 fully saturated rings. The lowest BCUT2D eigenvalue weighted by atomic mass is 10.2. The van der Waals surface area contributed by atoms with Crippen LogP contribution in [-0.2, 0) is 0 Å². The van der Waals surface area contributed by atoms with E-state index in [9.17, 15) is 4.79 Å². The maximum Gasteiger partial charge on any atom is 0.343 e. The summed E-state index contributed by atoms with van der Waals surface area (Å²) in [6, 6.07) is 15.8. The van der Waals surface area contributed by atoms with Crippen LogP contribution in [0.3, 0.4) is 0 Å². The SMILES string of the molecule is O=C(Oc1cccc2cccnc12)c1ccc(Cl)cc1. The van der Waals surface area contributed by atoms with Crippen molar-refractivity contribution >= 4 is 28.5 Å². The Morgan fingerprint density at radius 1 is 1.00 bits per heavy atom. The summed E-state index contributed by atoms with van der Waals surface area (Å²) in [5, 5.41) is 1.50. The van der Waals surface area contributed by atoms with E-state index in [1.165, 1.54) is 0 Å². The van der Waals surface area contributed by atoms with Crippen LogP contribution in [0.1, 0.15) is 10.4 Å². The van der Waals surface area contributed by atoms with Gasteiger partial charge in [-0.1, -0.05) is 29.8 Å². The van der Waals surface area contributed by atoms with E-state index in [0.717, 1.165) is 5.39 Å². The summed E-state index contributed by atoms with van der Waals surface area (Å²) >= 11 is 5.79. The molecule has 0 unspecified atom stereocenters. The molecule has 0 bridgehead atoms. The molecule has 1 heterocycles. The highest BCUT2D eigenvalue weighted by Crippen LogP contribution is 2.24. The molecule has 3 rings (SSSR count). The summed E-state index contributed by atoms with van der Waals surface area (Å²) in [5.74, 6) is 0.0165. The predicted molar refractivity (Wildman–Crippen MR) is 78.2 cm³/mol. The van der Waals surface area contributed by atoms with Gasteiger partial charge in [-0.3, -0.25) is 4.98 Å². The number of aromatic nitrogens is 1. The van der Waals surface area contributed by atoms with E-state index in [4.69, 9.17) is 16.3 Å². The molecule has 20 heavy (non-hydrogen) atoms. The summed E-state index contributed by atoms with van der Waals surface area (Å²) in [4.78, 5) is 16.3. The molecule has 3 aromatic rings. The fourth-order valence-corrected chi connectivity index (χ4v) is 2.03. The third-order valence-corrected chi connectivity index (χ3v) is 3.13. The van der Waals surface area contributed by atoms with Crippen LogP contribution >= 0.6 is 11.6 Å². The van der Waals surface area contributed by atoms with Gasteiger partial charge in [0.25, 0.3) is 0 Å². The Morgan fingerprint density at radius 2 is 1.75 bits per heavy atom. The van der Waals surface area contributed by atoms with Gasteiger partial charge in [0.05, 0.1) is 5.56 Å². The Morgan fingerprint density at radius 3 is 2.55 bits per heavy atom. The van der Waals surface area contributed by atoms with Gasteiger partial charge in [-0.25, -0.2) is 4.79 Å². The first-order chi connectivity index (χ1) is 9.74. The predicted octanol–water partition coefficient (Wildman–Crippen LogP) is 4.11. The van der Waals surface area contributed by atoms with Crippen molar-refractivity contribution in [3.63, 3.8) is 0 Å². The summed E-state index contributed by atoms with van der Waals surface area (Å²) in [6.45, 7) is 0. The van der Waals surface area contributed by atoms with Gasteiger partial charge in [0.15, 0.2) is 5.75 Å². The first-order valence-corrected chi connectivity index (χ1v) is 6.43. The molecule has 3 nitrogen and oxygen atoms in total. The van der Waals surface area contributed by atoms with Crippen LogP contribution in [0.25, 0.3) is 10.9 Å². The molecular formula is C16H10ClNO2. The van der Waals surface area contributed by atoms with Gasteiger partial charge >= 0.3 is 5.97 Å². The largest absolute Gasteiger partial charge is 0.421 e. The number of hydrogen-bond acceptors (Lipinski definition) is 3. The van der Waals surface area contributed by atoms with E-state index in [1.807, 2.05) is 24.3 Å². The Kier molecular flexibility index (Phi) is 3.35. The highest BCUT2D eigenvalue weighted by molar-refractivity contribution is 6.30. The van der Waals surface area contributed by atoms with E-state index in [0.29, 0.717) is 21.9 Å². The maximum atomic E-state index is 12.1. The standard InChI is InChI=1S/C16H10ClNO2/c17-13-8-6-12(7-9-13)16(19)20-14-5-1-3-11-4-2-10-18-15(11)14/h1-10H. The zero-order chi connectivity index (χ0) is 13.9. The molecule has 0 amide bonds. The number of benzene rings is 2. The van der Waals surface area contributed by atoms with Gasteiger partial charge < -0.3 is 4.74 Å². The average Bonchev–Trinajstić information content (AvgIpc) is 2.48. The third kappa shape index (κ3) is 2.49. The molecule has 0 atom stereocenters. The zero-order valence-corrected chi connectivity index (χ0v) is 11.2. The van der Waals surface area contributed by atoms with E-state index in [2.05, 4.69) is 4.98 Å². The fourth-order valence-electron chi connectivity index (χ4n) is 1.90. The molecule has 1 aromatic heterocycles. The van der Waals surface area contributed by atoms with Gasteiger partial charge in [-0.15, -0.1) is 0 Å². The van der Waals surface area contributed by atoms with Crippen molar-refractivity contribution < 1.29 is 9.53 Å². The van der Waals surface area contributed by atoms with Gasteiger partial charge in [0, 0.05) is 16.6 Å². The van der Waals surface area contributed by atoms with Crippen molar-refractivity contribution in [3.8, 4) is 5.75 Å². The number of nitrogens with zero attached hydrogens (tertiary/aromatic N) is 1. The fraction of sp³-hybridized carbons (Fsp3) is 0. The van der Waals surface area contributed by atoms with Crippen LogP contribution in [0.15, 0.2) is 60.8 Å². The number of halogens is 1. The van der Waals surface area contributed by atoms with Gasteiger partial charge in [-0.2, -0.15) is 0 Å². The molecule has 0 aliphatic heterocycles. The van der Waals surface area contributed by atoms with Gasteiger partial charge in [0.2, 0.25) is 0 Å². The highest BCUT2D eigenvalue weighted by atomic mass is 35.5. The second kappa shape index (κ2) is 5.31. The molecule has 0 spiro atoms. The maximum absolute atomic E-state index is 12.1. The Labute approximate surface area is 120 Å². The zero-order valence-electron chi connectivity index (χ0n) is 10.4. The minimum atomic E-state index is -0.431. The number of carbonyl (C=O) groups excluding carboxylic acids is 1. The smallest absolute Gasteiger partial charge is 0.343 e. The molecule has 0 radical (unpaired) electrons. The van der Waals surface area contributed by atoms with E-state index >= 15 is 0 Å². The summed E-state index contributed by atoms with van der Waals surface area (Å²) < 4.78 is 5.41. The third-order valence-electron chi connectivity index (χ3n) is 2.88. The van der Waals surface area contributed by atoms with Crippen molar-refractivity contribution in [1.82, 2.24) is 4.98 Å². The van der Waals surface area contributed by atoms with Crippen LogP contribution in [-0.4, -0.2) is 11.0 Å². The Hall–Kier alpha value is -2.39. The average molecular weight is 284 g/mol. The van der Waals surface area contributed by atoms with E-state index in [-0.39, 0.29) is 0 Å². The molecule has 0 N–H and O–H groups in total. The number of rotatable bonds is 2. The monoisotopic (exact) mass is 283 g/mol. The number of pyridine rings is 1. The van der Waals surface area contributed by atoms with Crippen LogP contribution in [0, 0.1) is 0 Å². The minimum absolute atomic E-state index is 0.431. The highest BCUT2D eigenvalue weighted by Gasteiger charge is 2.11. The Balaban J connectivity index is 1.93. The van der Waals surface area contributed by atoms with Crippen LogP contribution in [0.4, 0.5) is 0 Å².